The fourth-order valence-electron chi connectivity index (χ4n) is 4.63. The van der Waals surface area contributed by atoms with Gasteiger partial charge in [0.25, 0.3) is 0 Å². The van der Waals surface area contributed by atoms with E-state index in [1.807, 2.05) is 36.4 Å². The molecule has 4 aromatic rings. The minimum absolute atomic E-state index is 0.0684. The molecule has 1 aromatic heterocycles. The van der Waals surface area contributed by atoms with Gasteiger partial charge >= 0.3 is 0 Å². The summed E-state index contributed by atoms with van der Waals surface area (Å²) >= 11 is 1.68. The third-order valence-electron chi connectivity index (χ3n) is 6.52. The number of ether oxygens (including phenoxy) is 2. The van der Waals surface area contributed by atoms with Crippen LogP contribution < -0.4 is 19.7 Å². The Bertz CT molecular complexity index is 1330. The van der Waals surface area contributed by atoms with E-state index in [2.05, 4.69) is 33.3 Å². The smallest absolute Gasteiger partial charge is 0.224 e. The summed E-state index contributed by atoms with van der Waals surface area (Å²) in [7, 11) is 3.29. The van der Waals surface area contributed by atoms with Crippen LogP contribution >= 0.6 is 11.3 Å². The fraction of sp³-hybridized carbons (Fsp3) is 0.333. The van der Waals surface area contributed by atoms with Crippen LogP contribution in [0.1, 0.15) is 5.56 Å². The summed E-state index contributed by atoms with van der Waals surface area (Å²) < 4.78 is 12.0. The quantitative estimate of drug-likeness (QED) is 0.404. The molecule has 0 bridgehead atoms. The number of thiazole rings is 1. The van der Waals surface area contributed by atoms with Crippen molar-refractivity contribution in [3.8, 4) is 11.5 Å². The number of methoxy groups -OCH3 is 2. The van der Waals surface area contributed by atoms with Crippen LogP contribution in [0, 0.1) is 0 Å². The Balaban J connectivity index is 1.11. The lowest BCUT2D eigenvalue weighted by atomic mass is 10.0. The maximum atomic E-state index is 12.6. The monoisotopic (exact) mass is 490 g/mol. The largest absolute Gasteiger partial charge is 0.493 e. The topological polar surface area (TPSA) is 66.9 Å². The van der Waals surface area contributed by atoms with Gasteiger partial charge < -0.3 is 19.7 Å². The summed E-state index contributed by atoms with van der Waals surface area (Å²) in [6.45, 7) is 5.19. The molecule has 3 aromatic carbocycles. The van der Waals surface area contributed by atoms with Crippen LogP contribution in [-0.2, 0) is 11.2 Å². The van der Waals surface area contributed by atoms with E-state index in [9.17, 15) is 4.79 Å². The molecule has 0 unspecified atom stereocenters. The molecule has 35 heavy (non-hydrogen) atoms. The number of hydrogen-bond donors (Lipinski definition) is 1. The Morgan fingerprint density at radius 1 is 1.00 bits per heavy atom. The van der Waals surface area contributed by atoms with Crippen LogP contribution in [0.25, 0.3) is 21.0 Å². The summed E-state index contributed by atoms with van der Waals surface area (Å²) in [5.74, 6) is 1.45. The van der Waals surface area contributed by atoms with Crippen LogP contribution in [0.15, 0.2) is 54.6 Å². The fourth-order valence-corrected chi connectivity index (χ4v) is 5.65. The first-order valence-electron chi connectivity index (χ1n) is 11.9. The minimum atomic E-state index is 0.0684. The summed E-state index contributed by atoms with van der Waals surface area (Å²) in [4.78, 5) is 22.1. The van der Waals surface area contributed by atoms with Crippen molar-refractivity contribution in [3.05, 3.63) is 60.2 Å². The number of aromatic nitrogens is 1. The van der Waals surface area contributed by atoms with Gasteiger partial charge in [-0.1, -0.05) is 53.8 Å². The lowest BCUT2D eigenvalue weighted by Crippen LogP contribution is -2.48. The molecule has 0 aliphatic carbocycles. The Hall–Kier alpha value is -3.36. The molecule has 1 amide bonds. The van der Waals surface area contributed by atoms with Gasteiger partial charge in [-0.15, -0.1) is 0 Å². The molecule has 0 atom stereocenters. The van der Waals surface area contributed by atoms with Crippen molar-refractivity contribution in [3.63, 3.8) is 0 Å². The molecule has 0 spiro atoms. The Labute approximate surface area is 209 Å². The van der Waals surface area contributed by atoms with E-state index in [0.29, 0.717) is 24.5 Å². The summed E-state index contributed by atoms with van der Waals surface area (Å²) in [6.07, 6.45) is 0.404. The van der Waals surface area contributed by atoms with E-state index in [1.165, 1.54) is 5.39 Å². The second-order valence-corrected chi connectivity index (χ2v) is 9.65. The van der Waals surface area contributed by atoms with E-state index < -0.39 is 0 Å². The van der Waals surface area contributed by atoms with Crippen molar-refractivity contribution in [2.75, 3.05) is 58.4 Å². The van der Waals surface area contributed by atoms with Crippen molar-refractivity contribution >= 4 is 43.4 Å². The second-order valence-electron chi connectivity index (χ2n) is 8.64. The standard InChI is InChI=1S/C27H30N4O3S/c1-33-22-10-11-23-25(26(22)34-2)29-27(35-23)31-16-14-30(15-17-31)13-12-28-24(32)18-20-8-5-7-19-6-3-4-9-21(19)20/h3-11H,12-18H2,1-2H3,(H,28,32). The van der Waals surface area contributed by atoms with Crippen molar-refractivity contribution in [2.45, 2.75) is 6.42 Å². The highest BCUT2D eigenvalue weighted by molar-refractivity contribution is 7.22. The lowest BCUT2D eigenvalue weighted by molar-refractivity contribution is -0.120. The molecule has 182 valence electrons. The van der Waals surface area contributed by atoms with Gasteiger partial charge in [-0.25, -0.2) is 4.98 Å². The van der Waals surface area contributed by atoms with E-state index in [4.69, 9.17) is 14.5 Å². The average molecular weight is 491 g/mol. The summed E-state index contributed by atoms with van der Waals surface area (Å²) in [6, 6.07) is 18.3. The van der Waals surface area contributed by atoms with E-state index in [1.54, 1.807) is 25.6 Å². The maximum absolute atomic E-state index is 12.6. The first kappa shape index (κ1) is 23.4. The number of hydrogen-bond acceptors (Lipinski definition) is 7. The number of benzene rings is 3. The number of carbonyl (C=O) groups is 1. The molecule has 0 radical (unpaired) electrons. The average Bonchev–Trinajstić information content (AvgIpc) is 3.33. The number of nitrogens with zero attached hydrogens (tertiary/aromatic N) is 3. The number of rotatable bonds is 8. The second kappa shape index (κ2) is 10.5. The molecular formula is C27H30N4O3S. The predicted molar refractivity (Wildman–Crippen MR) is 142 cm³/mol. The molecule has 1 fully saturated rings. The van der Waals surface area contributed by atoms with Gasteiger partial charge in [-0.2, -0.15) is 0 Å². The van der Waals surface area contributed by atoms with Gasteiger partial charge in [0.15, 0.2) is 16.6 Å². The Kier molecular flexibility index (Phi) is 7.01. The lowest BCUT2D eigenvalue weighted by Gasteiger charge is -2.34. The van der Waals surface area contributed by atoms with Crippen LogP contribution in [0.5, 0.6) is 11.5 Å². The van der Waals surface area contributed by atoms with Crippen molar-refractivity contribution in [2.24, 2.45) is 0 Å². The Morgan fingerprint density at radius 2 is 1.80 bits per heavy atom. The number of amides is 1. The zero-order valence-corrected chi connectivity index (χ0v) is 20.9. The zero-order chi connectivity index (χ0) is 24.2. The molecule has 5 rings (SSSR count). The first-order chi connectivity index (χ1) is 17.2. The van der Waals surface area contributed by atoms with Crippen molar-refractivity contribution < 1.29 is 14.3 Å². The normalized spacial score (nSPS) is 14.4. The van der Waals surface area contributed by atoms with E-state index in [-0.39, 0.29) is 5.91 Å². The molecule has 1 saturated heterocycles. The van der Waals surface area contributed by atoms with E-state index in [0.717, 1.165) is 59.0 Å². The molecule has 1 aliphatic heterocycles. The molecule has 1 N–H and O–H groups in total. The van der Waals surface area contributed by atoms with Gasteiger partial charge in [-0.05, 0) is 28.5 Å². The van der Waals surface area contributed by atoms with Crippen LogP contribution in [0.3, 0.4) is 0 Å². The predicted octanol–water partition coefficient (Wildman–Crippen LogP) is 3.95. The van der Waals surface area contributed by atoms with Gasteiger partial charge in [-0.3, -0.25) is 9.69 Å². The van der Waals surface area contributed by atoms with Gasteiger partial charge in [0.2, 0.25) is 5.91 Å². The third kappa shape index (κ3) is 5.04. The highest BCUT2D eigenvalue weighted by atomic mass is 32.1. The molecule has 1 aliphatic rings. The molecule has 7 nitrogen and oxygen atoms in total. The molecular weight excluding hydrogens is 460 g/mol. The van der Waals surface area contributed by atoms with Crippen LogP contribution in [-0.4, -0.2) is 69.3 Å². The molecule has 0 saturated carbocycles. The molecule has 2 heterocycles. The third-order valence-corrected chi connectivity index (χ3v) is 7.60. The number of carbonyl (C=O) groups excluding carboxylic acids is 1. The van der Waals surface area contributed by atoms with Gasteiger partial charge in [0.05, 0.1) is 25.3 Å². The van der Waals surface area contributed by atoms with Crippen molar-refractivity contribution in [1.82, 2.24) is 15.2 Å². The van der Waals surface area contributed by atoms with Gasteiger partial charge in [0.1, 0.15) is 5.52 Å². The van der Waals surface area contributed by atoms with Crippen molar-refractivity contribution in [1.29, 1.82) is 0 Å². The first-order valence-corrected chi connectivity index (χ1v) is 12.7. The molecule has 8 heteroatoms. The summed E-state index contributed by atoms with van der Waals surface area (Å²) in [5, 5.41) is 6.42. The number of piperazine rings is 1. The highest BCUT2D eigenvalue weighted by Gasteiger charge is 2.22. The van der Waals surface area contributed by atoms with Crippen LogP contribution in [0.2, 0.25) is 0 Å². The van der Waals surface area contributed by atoms with Gasteiger partial charge in [0, 0.05) is 39.3 Å². The SMILES string of the molecule is COc1ccc2sc(N3CCN(CCNC(=O)Cc4cccc5ccccc45)CC3)nc2c1OC. The highest BCUT2D eigenvalue weighted by Crippen LogP contribution is 2.40. The minimum Gasteiger partial charge on any atom is -0.493 e. The maximum Gasteiger partial charge on any atom is 0.224 e. The Morgan fingerprint density at radius 3 is 2.60 bits per heavy atom. The number of anilines is 1. The number of nitrogens with one attached hydrogen (secondary N) is 1. The van der Waals surface area contributed by atoms with E-state index >= 15 is 0 Å². The van der Waals surface area contributed by atoms with Crippen LogP contribution in [0.4, 0.5) is 5.13 Å². The number of fused-ring (bicyclic) bond motifs is 2. The summed E-state index contributed by atoms with van der Waals surface area (Å²) in [5.41, 5.74) is 1.92. The zero-order valence-electron chi connectivity index (χ0n) is 20.1.